The van der Waals surface area contributed by atoms with Gasteiger partial charge in [-0.3, -0.25) is 10.8 Å². The average Bonchev–Trinajstić information content (AvgIpc) is 2.42. The Kier molecular flexibility index (Phi) is 13.3. The molecule has 0 amide bonds. The van der Waals surface area contributed by atoms with Crippen LogP contribution in [0.2, 0.25) is 0 Å². The van der Waals surface area contributed by atoms with E-state index in [1.807, 2.05) is 12.1 Å². The second-order valence-electron chi connectivity index (χ2n) is 3.50. The minimum atomic E-state index is 0. The van der Waals surface area contributed by atoms with Crippen LogP contribution < -0.4 is 10.6 Å². The van der Waals surface area contributed by atoms with Crippen LogP contribution >= 0.6 is 48.3 Å². The summed E-state index contributed by atoms with van der Waals surface area (Å²) in [5.74, 6) is 1.56. The van der Waals surface area contributed by atoms with Crippen molar-refractivity contribution in [1.29, 1.82) is 10.8 Å². The Hall–Kier alpha value is -0.560. The van der Waals surface area contributed by atoms with Crippen molar-refractivity contribution >= 4 is 58.7 Å². The first kappa shape index (κ1) is 21.7. The van der Waals surface area contributed by atoms with E-state index in [1.54, 1.807) is 14.1 Å². The molecule has 0 saturated carbocycles. The minimum absolute atomic E-state index is 0. The molecule has 0 bridgehead atoms. The monoisotopic (exact) mass is 354 g/mol. The Balaban J connectivity index is 0. The Morgan fingerprint density at radius 1 is 0.900 bits per heavy atom. The lowest BCUT2D eigenvalue weighted by molar-refractivity contribution is 1.17. The van der Waals surface area contributed by atoms with Crippen molar-refractivity contribution in [3.63, 3.8) is 0 Å². The molecule has 0 aromatic heterocycles. The molecule has 1 rings (SSSR count). The van der Waals surface area contributed by atoms with Gasteiger partial charge in [-0.25, -0.2) is 0 Å². The van der Waals surface area contributed by atoms with E-state index >= 15 is 0 Å². The molecule has 114 valence electrons. The van der Waals surface area contributed by atoms with Crippen molar-refractivity contribution in [3.05, 3.63) is 35.4 Å². The summed E-state index contributed by atoms with van der Waals surface area (Å²) in [6, 6.07) is 8.18. The van der Waals surface area contributed by atoms with Gasteiger partial charge in [-0.05, 0) is 11.1 Å². The zero-order chi connectivity index (χ0) is 13.4. The molecule has 0 aliphatic rings. The fourth-order valence-electron chi connectivity index (χ4n) is 1.28. The summed E-state index contributed by atoms with van der Waals surface area (Å²) in [7, 11) is 3.51. The van der Waals surface area contributed by atoms with Crippen molar-refractivity contribution in [3.8, 4) is 0 Å². The summed E-state index contributed by atoms with van der Waals surface area (Å²) in [6.45, 7) is 0. The van der Waals surface area contributed by atoms with E-state index in [9.17, 15) is 0 Å². The van der Waals surface area contributed by atoms with Crippen LogP contribution in [0.25, 0.3) is 0 Å². The van der Waals surface area contributed by atoms with Crippen LogP contribution in [0.4, 0.5) is 0 Å². The summed E-state index contributed by atoms with van der Waals surface area (Å²) in [6.07, 6.45) is 0. The number of hydrogen-bond donors (Lipinski definition) is 4. The van der Waals surface area contributed by atoms with Gasteiger partial charge in [0.1, 0.15) is 0 Å². The minimum Gasteiger partial charge on any atom is -0.368 e. The summed E-state index contributed by atoms with van der Waals surface area (Å²) < 4.78 is 0. The number of amidine groups is 2. The molecule has 0 spiro atoms. The largest absolute Gasteiger partial charge is 0.368 e. The quantitative estimate of drug-likeness (QED) is 0.494. The molecule has 1 aromatic rings. The maximum atomic E-state index is 7.56. The first-order chi connectivity index (χ1) is 8.67. The SMILES string of the molecule is CNC(=N)SCc1ccccc1CSC(=N)NC.Cl.Cl. The van der Waals surface area contributed by atoms with Gasteiger partial charge in [0.25, 0.3) is 0 Å². The summed E-state index contributed by atoms with van der Waals surface area (Å²) in [4.78, 5) is 0. The first-order valence-corrected chi connectivity index (χ1v) is 7.49. The molecule has 0 atom stereocenters. The fourth-order valence-corrected chi connectivity index (χ4v) is 2.73. The van der Waals surface area contributed by atoms with Crippen molar-refractivity contribution < 1.29 is 0 Å². The molecule has 0 unspecified atom stereocenters. The number of benzene rings is 1. The van der Waals surface area contributed by atoms with Crippen LogP contribution in [0.3, 0.4) is 0 Å². The molecular formula is C12H20Cl2N4S2. The van der Waals surface area contributed by atoms with Crippen molar-refractivity contribution in [2.24, 2.45) is 0 Å². The van der Waals surface area contributed by atoms with Gasteiger partial charge in [-0.1, -0.05) is 47.8 Å². The third kappa shape index (κ3) is 7.89. The molecule has 0 heterocycles. The van der Waals surface area contributed by atoms with E-state index in [-0.39, 0.29) is 24.8 Å². The Morgan fingerprint density at radius 3 is 1.55 bits per heavy atom. The molecule has 0 aliphatic carbocycles. The lowest BCUT2D eigenvalue weighted by Gasteiger charge is -2.09. The Bertz CT molecular complexity index is 391. The van der Waals surface area contributed by atoms with Crippen LogP contribution in [-0.4, -0.2) is 24.4 Å². The summed E-state index contributed by atoms with van der Waals surface area (Å²) in [5.41, 5.74) is 2.44. The van der Waals surface area contributed by atoms with Crippen molar-refractivity contribution in [2.45, 2.75) is 11.5 Å². The standard InChI is InChI=1S/C12H18N4S2.2ClH/c1-15-11(13)17-7-9-5-3-4-6-10(9)8-18-12(14)16-2;;/h3-6H,7-8H2,1-2H3,(H2,13,15)(H2,14,16);2*1H. The third-order valence-corrected chi connectivity index (χ3v) is 4.21. The van der Waals surface area contributed by atoms with Crippen LogP contribution in [-0.2, 0) is 11.5 Å². The normalized spacial score (nSPS) is 8.90. The topological polar surface area (TPSA) is 71.8 Å². The molecular weight excluding hydrogens is 335 g/mol. The highest BCUT2D eigenvalue weighted by molar-refractivity contribution is 8.13. The Labute approximate surface area is 141 Å². The summed E-state index contributed by atoms with van der Waals surface area (Å²) in [5, 5.41) is 21.7. The van der Waals surface area contributed by atoms with Gasteiger partial charge in [-0.2, -0.15) is 0 Å². The molecule has 0 fully saturated rings. The van der Waals surface area contributed by atoms with Crippen molar-refractivity contribution in [1.82, 2.24) is 10.6 Å². The van der Waals surface area contributed by atoms with Gasteiger partial charge < -0.3 is 10.6 Å². The lowest BCUT2D eigenvalue weighted by atomic mass is 10.1. The van der Waals surface area contributed by atoms with E-state index < -0.39 is 0 Å². The van der Waals surface area contributed by atoms with Crippen LogP contribution in [0.5, 0.6) is 0 Å². The zero-order valence-electron chi connectivity index (χ0n) is 11.4. The highest BCUT2D eigenvalue weighted by Crippen LogP contribution is 2.21. The van der Waals surface area contributed by atoms with Crippen LogP contribution in [0, 0.1) is 10.8 Å². The molecule has 1 aromatic carbocycles. The highest BCUT2D eigenvalue weighted by Gasteiger charge is 2.05. The van der Waals surface area contributed by atoms with E-state index in [2.05, 4.69) is 22.8 Å². The maximum absolute atomic E-state index is 7.56. The zero-order valence-corrected chi connectivity index (χ0v) is 14.6. The third-order valence-electron chi connectivity index (χ3n) is 2.32. The number of halogens is 2. The van der Waals surface area contributed by atoms with E-state index in [1.165, 1.54) is 34.7 Å². The summed E-state index contributed by atoms with van der Waals surface area (Å²) >= 11 is 2.95. The van der Waals surface area contributed by atoms with Gasteiger partial charge in [-0.15, -0.1) is 24.8 Å². The maximum Gasteiger partial charge on any atom is 0.153 e. The number of nitrogens with one attached hydrogen (secondary N) is 4. The number of rotatable bonds is 4. The van der Waals surface area contributed by atoms with Gasteiger partial charge in [0.05, 0.1) is 0 Å². The van der Waals surface area contributed by atoms with Gasteiger partial charge in [0, 0.05) is 25.6 Å². The molecule has 20 heavy (non-hydrogen) atoms. The molecule has 0 radical (unpaired) electrons. The second kappa shape index (κ2) is 12.2. The first-order valence-electron chi connectivity index (χ1n) is 5.52. The van der Waals surface area contributed by atoms with Gasteiger partial charge >= 0.3 is 0 Å². The molecule has 4 N–H and O–H groups in total. The van der Waals surface area contributed by atoms with Crippen molar-refractivity contribution in [2.75, 3.05) is 14.1 Å². The number of thioether (sulfide) groups is 2. The fraction of sp³-hybridized carbons (Fsp3) is 0.333. The molecule has 0 saturated heterocycles. The van der Waals surface area contributed by atoms with E-state index in [0.717, 1.165) is 11.5 Å². The predicted octanol–water partition coefficient (Wildman–Crippen LogP) is 3.30. The van der Waals surface area contributed by atoms with Gasteiger partial charge in [0.2, 0.25) is 0 Å². The average molecular weight is 355 g/mol. The predicted molar refractivity (Wildman–Crippen MR) is 97.1 cm³/mol. The van der Waals surface area contributed by atoms with Crippen LogP contribution in [0.1, 0.15) is 11.1 Å². The molecule has 8 heteroatoms. The van der Waals surface area contributed by atoms with Gasteiger partial charge in [0.15, 0.2) is 10.3 Å². The van der Waals surface area contributed by atoms with E-state index in [0.29, 0.717) is 10.3 Å². The molecule has 4 nitrogen and oxygen atoms in total. The molecule has 0 aliphatic heterocycles. The highest BCUT2D eigenvalue weighted by atomic mass is 35.5. The van der Waals surface area contributed by atoms with E-state index in [4.69, 9.17) is 10.8 Å². The second-order valence-corrected chi connectivity index (χ2v) is 5.48. The lowest BCUT2D eigenvalue weighted by Crippen LogP contribution is -2.13. The smallest absolute Gasteiger partial charge is 0.153 e. The Morgan fingerprint density at radius 2 is 1.25 bits per heavy atom. The number of hydrogen-bond acceptors (Lipinski definition) is 4. The van der Waals surface area contributed by atoms with Crippen LogP contribution in [0.15, 0.2) is 24.3 Å².